The molecule has 0 unspecified atom stereocenters. The summed E-state index contributed by atoms with van der Waals surface area (Å²) in [7, 11) is 0. The molecular weight excluding hydrogens is 264 g/mol. The van der Waals surface area contributed by atoms with E-state index in [1.807, 2.05) is 18.7 Å². The molecule has 1 aliphatic heterocycles. The first kappa shape index (κ1) is 14.6. The van der Waals surface area contributed by atoms with Crippen molar-refractivity contribution in [3.63, 3.8) is 0 Å². The van der Waals surface area contributed by atoms with Crippen LogP contribution in [0.5, 0.6) is 0 Å². The molecule has 116 valence electrons. The van der Waals surface area contributed by atoms with Gasteiger partial charge in [-0.1, -0.05) is 12.8 Å². The van der Waals surface area contributed by atoms with Gasteiger partial charge in [-0.2, -0.15) is 0 Å². The molecule has 2 aliphatic rings. The van der Waals surface area contributed by atoms with E-state index >= 15 is 0 Å². The van der Waals surface area contributed by atoms with E-state index < -0.39 is 5.60 Å². The lowest BCUT2D eigenvalue weighted by Crippen LogP contribution is -2.55. The van der Waals surface area contributed by atoms with Crippen molar-refractivity contribution in [2.75, 3.05) is 13.1 Å². The van der Waals surface area contributed by atoms with Crippen LogP contribution in [0.4, 0.5) is 0 Å². The summed E-state index contributed by atoms with van der Waals surface area (Å²) >= 11 is 0. The van der Waals surface area contributed by atoms with Gasteiger partial charge in [0.25, 0.3) is 0 Å². The predicted molar refractivity (Wildman–Crippen MR) is 82.0 cm³/mol. The second-order valence-corrected chi connectivity index (χ2v) is 6.84. The fourth-order valence-electron chi connectivity index (χ4n) is 3.98. The molecule has 1 saturated heterocycles. The van der Waals surface area contributed by atoms with E-state index in [9.17, 15) is 9.90 Å². The van der Waals surface area contributed by atoms with E-state index in [2.05, 4.69) is 16.7 Å². The van der Waals surface area contributed by atoms with Crippen LogP contribution in [0, 0.1) is 19.8 Å². The fraction of sp³-hybridized carbons (Fsp3) is 0.706. The monoisotopic (exact) mass is 290 g/mol. The van der Waals surface area contributed by atoms with Crippen LogP contribution in [0.25, 0.3) is 0 Å². The van der Waals surface area contributed by atoms with Crippen LogP contribution in [0.2, 0.25) is 0 Å². The van der Waals surface area contributed by atoms with Crippen molar-refractivity contribution in [2.24, 2.45) is 5.92 Å². The number of nitrogens with zero attached hydrogens (tertiary/aromatic N) is 2. The molecule has 1 saturated carbocycles. The van der Waals surface area contributed by atoms with Crippen molar-refractivity contribution in [1.82, 2.24) is 9.47 Å². The summed E-state index contributed by atoms with van der Waals surface area (Å²) in [5.41, 5.74) is 1.76. The van der Waals surface area contributed by atoms with Crippen molar-refractivity contribution in [2.45, 2.75) is 58.1 Å². The molecule has 2 fully saturated rings. The third-order valence-corrected chi connectivity index (χ3v) is 5.49. The zero-order chi connectivity index (χ0) is 15.0. The van der Waals surface area contributed by atoms with Gasteiger partial charge in [-0.3, -0.25) is 4.79 Å². The van der Waals surface area contributed by atoms with Gasteiger partial charge in [-0.25, -0.2) is 0 Å². The van der Waals surface area contributed by atoms with E-state index in [1.54, 1.807) is 0 Å². The molecule has 2 heterocycles. The first-order chi connectivity index (χ1) is 9.99. The lowest BCUT2D eigenvalue weighted by atomic mass is 9.71. The number of aliphatic hydroxyl groups is 1. The summed E-state index contributed by atoms with van der Waals surface area (Å²) in [5, 5.41) is 10.7. The fourth-order valence-corrected chi connectivity index (χ4v) is 3.98. The standard InChI is InChI=1S/C17H26N2O2/c1-13-6-7-14(2)19(13)12-16(20)18-10-9-17(21)8-4-3-5-15(17)11-18/h6-7,15,21H,3-5,8-12H2,1-2H3/t15-,17+/m1/s1. The lowest BCUT2D eigenvalue weighted by molar-refractivity contribution is -0.144. The van der Waals surface area contributed by atoms with Crippen molar-refractivity contribution < 1.29 is 9.90 Å². The van der Waals surface area contributed by atoms with Crippen LogP contribution >= 0.6 is 0 Å². The summed E-state index contributed by atoms with van der Waals surface area (Å²) in [4.78, 5) is 14.5. The Kier molecular flexibility index (Phi) is 3.82. The van der Waals surface area contributed by atoms with E-state index in [4.69, 9.17) is 0 Å². The summed E-state index contributed by atoms with van der Waals surface area (Å²) < 4.78 is 2.07. The minimum Gasteiger partial charge on any atom is -0.389 e. The van der Waals surface area contributed by atoms with Gasteiger partial charge in [0.05, 0.1) is 5.60 Å². The Morgan fingerprint density at radius 2 is 2.00 bits per heavy atom. The van der Waals surface area contributed by atoms with Crippen LogP contribution in [0.1, 0.15) is 43.5 Å². The maximum absolute atomic E-state index is 12.6. The number of fused-ring (bicyclic) bond motifs is 1. The number of piperidine rings is 1. The Labute approximate surface area is 126 Å². The smallest absolute Gasteiger partial charge is 0.242 e. The molecule has 1 N–H and O–H groups in total. The molecule has 1 aromatic rings. The van der Waals surface area contributed by atoms with Crippen LogP contribution in [-0.4, -0.2) is 39.2 Å². The lowest BCUT2D eigenvalue weighted by Gasteiger charge is -2.47. The molecule has 0 bridgehead atoms. The first-order valence-corrected chi connectivity index (χ1v) is 8.12. The molecule has 2 atom stereocenters. The summed E-state index contributed by atoms with van der Waals surface area (Å²) in [6.45, 7) is 5.93. The third-order valence-electron chi connectivity index (χ3n) is 5.49. The summed E-state index contributed by atoms with van der Waals surface area (Å²) in [6, 6.07) is 4.11. The second kappa shape index (κ2) is 5.48. The van der Waals surface area contributed by atoms with Gasteiger partial charge in [0.1, 0.15) is 6.54 Å². The number of aromatic nitrogens is 1. The quantitative estimate of drug-likeness (QED) is 0.908. The van der Waals surface area contributed by atoms with Gasteiger partial charge >= 0.3 is 0 Å². The molecule has 21 heavy (non-hydrogen) atoms. The molecular formula is C17H26N2O2. The van der Waals surface area contributed by atoms with E-state index in [-0.39, 0.29) is 11.8 Å². The molecule has 3 rings (SSSR count). The van der Waals surface area contributed by atoms with Crippen LogP contribution in [-0.2, 0) is 11.3 Å². The average molecular weight is 290 g/mol. The Balaban J connectivity index is 1.66. The van der Waals surface area contributed by atoms with E-state index in [1.165, 1.54) is 6.42 Å². The minimum atomic E-state index is -0.506. The zero-order valence-corrected chi connectivity index (χ0v) is 13.1. The van der Waals surface area contributed by atoms with Crippen molar-refractivity contribution in [1.29, 1.82) is 0 Å². The van der Waals surface area contributed by atoms with Crippen LogP contribution in [0.3, 0.4) is 0 Å². The molecule has 1 amide bonds. The number of rotatable bonds is 2. The second-order valence-electron chi connectivity index (χ2n) is 6.84. The molecule has 4 heteroatoms. The SMILES string of the molecule is Cc1ccc(C)n1CC(=O)N1CC[C@@]2(O)CCCC[C@@H]2C1. The third kappa shape index (κ3) is 2.73. The normalized spacial score (nSPS) is 29.3. The van der Waals surface area contributed by atoms with Crippen molar-refractivity contribution in [3.05, 3.63) is 23.5 Å². The highest BCUT2D eigenvalue weighted by molar-refractivity contribution is 5.76. The highest BCUT2D eigenvalue weighted by atomic mass is 16.3. The van der Waals surface area contributed by atoms with Gasteiger partial charge in [0.15, 0.2) is 0 Å². The molecule has 4 nitrogen and oxygen atoms in total. The maximum atomic E-state index is 12.6. The van der Waals surface area contributed by atoms with E-state index in [0.717, 1.165) is 43.6 Å². The molecule has 0 aromatic carbocycles. The highest BCUT2D eigenvalue weighted by Gasteiger charge is 2.43. The Morgan fingerprint density at radius 3 is 2.71 bits per heavy atom. The Morgan fingerprint density at radius 1 is 1.29 bits per heavy atom. The minimum absolute atomic E-state index is 0.185. The topological polar surface area (TPSA) is 45.5 Å². The van der Waals surface area contributed by atoms with Gasteiger partial charge in [-0.05, 0) is 45.2 Å². The number of likely N-dealkylation sites (tertiary alicyclic amines) is 1. The molecule has 0 spiro atoms. The number of hydrogen-bond donors (Lipinski definition) is 1. The Hall–Kier alpha value is -1.29. The van der Waals surface area contributed by atoms with Gasteiger partial charge in [0, 0.05) is 30.4 Å². The molecule has 0 radical (unpaired) electrons. The van der Waals surface area contributed by atoms with Gasteiger partial charge in [-0.15, -0.1) is 0 Å². The average Bonchev–Trinajstić information content (AvgIpc) is 2.78. The Bertz CT molecular complexity index is 517. The molecule has 1 aliphatic carbocycles. The first-order valence-electron chi connectivity index (χ1n) is 8.12. The van der Waals surface area contributed by atoms with Crippen LogP contribution in [0.15, 0.2) is 12.1 Å². The van der Waals surface area contributed by atoms with Gasteiger partial charge in [0.2, 0.25) is 5.91 Å². The predicted octanol–water partition coefficient (Wildman–Crippen LogP) is 2.26. The number of aryl methyl sites for hydroxylation is 2. The summed E-state index contributed by atoms with van der Waals surface area (Å²) in [5.74, 6) is 0.459. The van der Waals surface area contributed by atoms with Crippen LogP contribution < -0.4 is 0 Å². The highest BCUT2D eigenvalue weighted by Crippen LogP contribution is 2.39. The number of carbonyl (C=O) groups is 1. The number of hydrogen-bond acceptors (Lipinski definition) is 2. The summed E-state index contributed by atoms with van der Waals surface area (Å²) in [6.07, 6.45) is 5.03. The van der Waals surface area contributed by atoms with Gasteiger partial charge < -0.3 is 14.6 Å². The number of carbonyl (C=O) groups excluding carboxylic acids is 1. The zero-order valence-electron chi connectivity index (χ0n) is 13.1. The number of amides is 1. The van der Waals surface area contributed by atoms with Crippen molar-refractivity contribution >= 4 is 5.91 Å². The maximum Gasteiger partial charge on any atom is 0.242 e. The molecule has 1 aromatic heterocycles. The van der Waals surface area contributed by atoms with E-state index in [0.29, 0.717) is 13.1 Å². The van der Waals surface area contributed by atoms with Crippen molar-refractivity contribution in [3.8, 4) is 0 Å². The largest absolute Gasteiger partial charge is 0.389 e.